The second kappa shape index (κ2) is 4.80. The zero-order valence-electron chi connectivity index (χ0n) is 11.5. The summed E-state index contributed by atoms with van der Waals surface area (Å²) in [6.45, 7) is 7.51. The van der Waals surface area contributed by atoms with Crippen LogP contribution in [0.4, 0.5) is 0 Å². The van der Waals surface area contributed by atoms with Crippen molar-refractivity contribution >= 4 is 17.2 Å². The number of halogens is 1. The number of fused-ring (bicyclic) bond motifs is 1. The van der Waals surface area contributed by atoms with Crippen LogP contribution in [0.1, 0.15) is 26.0 Å². The summed E-state index contributed by atoms with van der Waals surface area (Å²) in [5.74, 6) is 0. The number of hydrogen-bond acceptors (Lipinski definition) is 2. The van der Waals surface area contributed by atoms with Gasteiger partial charge in [-0.25, -0.2) is 4.98 Å². The maximum absolute atomic E-state index is 6.39. The summed E-state index contributed by atoms with van der Waals surface area (Å²) in [6.07, 6.45) is 5.22. The number of likely N-dealkylation sites (tertiary alicyclic amines) is 1. The van der Waals surface area contributed by atoms with Crippen molar-refractivity contribution in [2.75, 3.05) is 13.1 Å². The number of pyridine rings is 1. The third-order valence-electron chi connectivity index (χ3n) is 3.98. The highest BCUT2D eigenvalue weighted by Crippen LogP contribution is 2.33. The van der Waals surface area contributed by atoms with Gasteiger partial charge in [0.25, 0.3) is 0 Å². The Kier molecular flexibility index (Phi) is 3.27. The van der Waals surface area contributed by atoms with Gasteiger partial charge in [0.1, 0.15) is 5.65 Å². The molecule has 19 heavy (non-hydrogen) atoms. The summed E-state index contributed by atoms with van der Waals surface area (Å²) in [6, 6.07) is 6.09. The van der Waals surface area contributed by atoms with E-state index in [1.54, 1.807) is 0 Å². The van der Waals surface area contributed by atoms with Gasteiger partial charge in [0, 0.05) is 30.9 Å². The number of imidazole rings is 1. The Bertz CT molecular complexity index is 543. The summed E-state index contributed by atoms with van der Waals surface area (Å²) in [7, 11) is 0. The lowest BCUT2D eigenvalue weighted by Crippen LogP contribution is -2.46. The Balaban J connectivity index is 1.74. The highest BCUT2D eigenvalue weighted by Gasteiger charge is 2.34. The molecule has 0 N–H and O–H groups in total. The highest BCUT2D eigenvalue weighted by atomic mass is 35.5. The largest absolute Gasteiger partial charge is 0.307 e. The minimum absolute atomic E-state index is 0.180. The Labute approximate surface area is 119 Å². The van der Waals surface area contributed by atoms with Crippen molar-refractivity contribution in [2.24, 2.45) is 5.41 Å². The number of hydrogen-bond donors (Lipinski definition) is 0. The van der Waals surface area contributed by atoms with Crippen molar-refractivity contribution in [3.8, 4) is 0 Å². The van der Waals surface area contributed by atoms with Crippen LogP contribution in [-0.4, -0.2) is 32.8 Å². The molecule has 1 saturated heterocycles. The lowest BCUT2D eigenvalue weighted by molar-refractivity contribution is 0.115. The summed E-state index contributed by atoms with van der Waals surface area (Å²) < 4.78 is 2.08. The fraction of sp³-hybridized carbons (Fsp3) is 0.533. The first-order valence-corrected chi connectivity index (χ1v) is 7.27. The maximum atomic E-state index is 6.39. The second-order valence-corrected chi connectivity index (χ2v) is 6.68. The molecule has 2 aromatic heterocycles. The number of rotatable bonds is 2. The molecule has 0 spiro atoms. The van der Waals surface area contributed by atoms with Gasteiger partial charge in [-0.15, -0.1) is 11.6 Å². The van der Waals surface area contributed by atoms with E-state index in [2.05, 4.69) is 34.3 Å². The van der Waals surface area contributed by atoms with Crippen LogP contribution in [0, 0.1) is 5.41 Å². The summed E-state index contributed by atoms with van der Waals surface area (Å²) in [5, 5.41) is 0.282. The van der Waals surface area contributed by atoms with E-state index in [0.29, 0.717) is 0 Å². The number of piperidine rings is 1. The molecule has 0 saturated carbocycles. The lowest BCUT2D eigenvalue weighted by Gasteiger charge is -2.41. The van der Waals surface area contributed by atoms with Gasteiger partial charge in [-0.2, -0.15) is 0 Å². The molecule has 0 radical (unpaired) electrons. The first-order chi connectivity index (χ1) is 9.04. The van der Waals surface area contributed by atoms with E-state index in [1.165, 1.54) is 0 Å². The first kappa shape index (κ1) is 12.9. The van der Waals surface area contributed by atoms with Gasteiger partial charge in [0.2, 0.25) is 0 Å². The van der Waals surface area contributed by atoms with E-state index in [0.717, 1.165) is 37.4 Å². The molecule has 3 nitrogen and oxygen atoms in total. The van der Waals surface area contributed by atoms with Crippen LogP contribution in [0.2, 0.25) is 0 Å². The molecule has 3 heterocycles. The molecule has 1 unspecified atom stereocenters. The smallest absolute Gasteiger partial charge is 0.137 e. The molecule has 4 heteroatoms. The van der Waals surface area contributed by atoms with Crippen molar-refractivity contribution in [3.63, 3.8) is 0 Å². The second-order valence-electron chi connectivity index (χ2n) is 6.15. The molecule has 0 aromatic carbocycles. The summed E-state index contributed by atoms with van der Waals surface area (Å²) in [4.78, 5) is 7.12. The average Bonchev–Trinajstić information content (AvgIpc) is 2.75. The zero-order chi connectivity index (χ0) is 13.5. The number of alkyl halides is 1. The maximum Gasteiger partial charge on any atom is 0.137 e. The van der Waals surface area contributed by atoms with E-state index in [9.17, 15) is 0 Å². The van der Waals surface area contributed by atoms with Gasteiger partial charge in [0.15, 0.2) is 0 Å². The molecule has 2 aromatic rings. The monoisotopic (exact) mass is 277 g/mol. The van der Waals surface area contributed by atoms with Crippen LogP contribution in [0.15, 0.2) is 30.6 Å². The van der Waals surface area contributed by atoms with Crippen molar-refractivity contribution in [1.29, 1.82) is 0 Å². The van der Waals surface area contributed by atoms with Crippen molar-refractivity contribution in [3.05, 3.63) is 36.3 Å². The van der Waals surface area contributed by atoms with Crippen LogP contribution in [-0.2, 0) is 6.54 Å². The topological polar surface area (TPSA) is 20.5 Å². The van der Waals surface area contributed by atoms with Crippen LogP contribution in [0.5, 0.6) is 0 Å². The normalized spacial score (nSPS) is 23.8. The number of aromatic nitrogens is 2. The van der Waals surface area contributed by atoms with E-state index in [-0.39, 0.29) is 10.8 Å². The quantitative estimate of drug-likeness (QED) is 0.786. The predicted octanol–water partition coefficient (Wildman–Crippen LogP) is 3.17. The predicted molar refractivity (Wildman–Crippen MR) is 78.5 cm³/mol. The van der Waals surface area contributed by atoms with Gasteiger partial charge in [-0.1, -0.05) is 19.9 Å². The number of nitrogens with zero attached hydrogens (tertiary/aromatic N) is 3. The fourth-order valence-electron chi connectivity index (χ4n) is 2.87. The molecule has 102 valence electrons. The van der Waals surface area contributed by atoms with Crippen LogP contribution < -0.4 is 0 Å². The average molecular weight is 278 g/mol. The van der Waals surface area contributed by atoms with Crippen molar-refractivity contribution < 1.29 is 0 Å². The van der Waals surface area contributed by atoms with Crippen LogP contribution >= 0.6 is 11.6 Å². The highest BCUT2D eigenvalue weighted by molar-refractivity contribution is 6.21. The van der Waals surface area contributed by atoms with E-state index in [4.69, 9.17) is 11.6 Å². The van der Waals surface area contributed by atoms with E-state index in [1.807, 2.05) is 24.4 Å². The minimum atomic E-state index is 0.180. The van der Waals surface area contributed by atoms with Crippen molar-refractivity contribution in [2.45, 2.75) is 32.2 Å². The van der Waals surface area contributed by atoms with Gasteiger partial charge in [-0.3, -0.25) is 4.90 Å². The molecule has 1 fully saturated rings. The molecule has 0 bridgehead atoms. The Morgan fingerprint density at radius 3 is 3.00 bits per heavy atom. The van der Waals surface area contributed by atoms with Crippen LogP contribution in [0.3, 0.4) is 0 Å². The molecule has 0 amide bonds. The third-order valence-corrected chi connectivity index (χ3v) is 4.79. The van der Waals surface area contributed by atoms with Crippen molar-refractivity contribution in [1.82, 2.24) is 14.3 Å². The molecule has 1 aliphatic heterocycles. The Morgan fingerprint density at radius 2 is 2.26 bits per heavy atom. The summed E-state index contributed by atoms with van der Waals surface area (Å²) in [5.41, 5.74) is 2.33. The standard InChI is InChI=1S/C15H20ClN3/c1-15(2)11-18(8-6-13(15)16)9-12-10-19-7-4-3-5-14(19)17-12/h3-5,7,10,13H,6,8-9,11H2,1-2H3. The Hall–Kier alpha value is -1.06. The molecular formula is C15H20ClN3. The Morgan fingerprint density at radius 1 is 1.42 bits per heavy atom. The minimum Gasteiger partial charge on any atom is -0.307 e. The van der Waals surface area contributed by atoms with Gasteiger partial charge in [-0.05, 0) is 30.5 Å². The molecule has 1 atom stereocenters. The van der Waals surface area contributed by atoms with E-state index < -0.39 is 0 Å². The van der Waals surface area contributed by atoms with Gasteiger partial charge < -0.3 is 4.40 Å². The fourth-order valence-corrected chi connectivity index (χ4v) is 3.04. The van der Waals surface area contributed by atoms with Gasteiger partial charge in [0.05, 0.1) is 5.69 Å². The zero-order valence-corrected chi connectivity index (χ0v) is 12.3. The molecular weight excluding hydrogens is 258 g/mol. The van der Waals surface area contributed by atoms with Gasteiger partial charge >= 0.3 is 0 Å². The van der Waals surface area contributed by atoms with Crippen LogP contribution in [0.25, 0.3) is 5.65 Å². The summed E-state index contributed by atoms with van der Waals surface area (Å²) >= 11 is 6.39. The lowest BCUT2D eigenvalue weighted by atomic mass is 9.83. The molecule has 0 aliphatic carbocycles. The first-order valence-electron chi connectivity index (χ1n) is 6.84. The molecule has 1 aliphatic rings. The van der Waals surface area contributed by atoms with E-state index >= 15 is 0 Å². The third kappa shape index (κ3) is 2.63. The molecule has 3 rings (SSSR count). The SMILES string of the molecule is CC1(C)CN(Cc2cn3ccccc3n2)CCC1Cl.